The fraction of sp³-hybridized carbons (Fsp3) is 0.375. The highest BCUT2D eigenvalue weighted by atomic mass is 16.5. The summed E-state index contributed by atoms with van der Waals surface area (Å²) in [5, 5.41) is 2.95. The van der Waals surface area contributed by atoms with E-state index in [0.717, 1.165) is 5.56 Å². The Morgan fingerprint density at radius 2 is 2.33 bits per heavy atom. The molecule has 1 rings (SSSR count). The fourth-order valence-electron chi connectivity index (χ4n) is 0.963. The lowest BCUT2D eigenvalue weighted by molar-refractivity contribution is 0.161. The van der Waals surface area contributed by atoms with Crippen LogP contribution in [0, 0.1) is 6.92 Å². The van der Waals surface area contributed by atoms with E-state index in [1.807, 2.05) is 0 Å². The zero-order chi connectivity index (χ0) is 11.3. The summed E-state index contributed by atoms with van der Waals surface area (Å²) in [6.07, 6.45) is 0.565. The molecule has 1 aromatic rings. The normalized spacial score (nSPS) is 9.67. The molecule has 82 valence electrons. The third kappa shape index (κ3) is 3.29. The summed E-state index contributed by atoms with van der Waals surface area (Å²) in [7, 11) is 0. The number of amides is 1. The van der Waals surface area contributed by atoms with Crippen LogP contribution < -0.4 is 16.8 Å². The number of nitrogen functional groups attached to an aromatic ring is 1. The Hall–Kier alpha value is -2.05. The molecule has 1 heterocycles. The first-order valence-electron chi connectivity index (χ1n) is 4.34. The van der Waals surface area contributed by atoms with Crippen molar-refractivity contribution in [3.05, 3.63) is 11.9 Å². The number of aromatic nitrogens is 2. The van der Waals surface area contributed by atoms with E-state index in [0.29, 0.717) is 18.2 Å². The number of rotatable bonds is 4. The lowest BCUT2D eigenvalue weighted by Gasteiger charge is -2.08. The minimum Gasteiger partial charge on any atom is -0.448 e. The van der Waals surface area contributed by atoms with E-state index < -0.39 is 6.09 Å². The highest BCUT2D eigenvalue weighted by molar-refractivity contribution is 5.64. The van der Waals surface area contributed by atoms with Gasteiger partial charge in [0.05, 0.1) is 6.54 Å². The molecule has 0 aromatic carbocycles. The summed E-state index contributed by atoms with van der Waals surface area (Å²) >= 11 is 0. The van der Waals surface area contributed by atoms with Crippen LogP contribution in [0.3, 0.4) is 0 Å². The molecule has 0 aliphatic carbocycles. The number of primary amides is 1. The van der Waals surface area contributed by atoms with Gasteiger partial charge in [-0.25, -0.2) is 14.8 Å². The third-order valence-corrected chi connectivity index (χ3v) is 1.76. The quantitative estimate of drug-likeness (QED) is 0.597. The number of hydrogen-bond donors (Lipinski definition) is 3. The van der Waals surface area contributed by atoms with E-state index >= 15 is 0 Å². The van der Waals surface area contributed by atoms with Crippen LogP contribution in [0.5, 0.6) is 0 Å². The average Bonchev–Trinajstić information content (AvgIpc) is 2.18. The Morgan fingerprint density at radius 1 is 1.60 bits per heavy atom. The number of anilines is 2. The van der Waals surface area contributed by atoms with Gasteiger partial charge >= 0.3 is 6.09 Å². The topological polar surface area (TPSA) is 116 Å². The highest BCUT2D eigenvalue weighted by Gasteiger charge is 2.03. The van der Waals surface area contributed by atoms with Gasteiger partial charge in [0.25, 0.3) is 0 Å². The summed E-state index contributed by atoms with van der Waals surface area (Å²) in [4.78, 5) is 18.1. The summed E-state index contributed by atoms with van der Waals surface area (Å²) in [5.74, 6) is 1.04. The minimum absolute atomic E-state index is 0.179. The van der Waals surface area contributed by atoms with Crippen molar-refractivity contribution in [3.63, 3.8) is 0 Å². The van der Waals surface area contributed by atoms with Crippen molar-refractivity contribution in [2.75, 3.05) is 24.2 Å². The molecule has 1 aromatic heterocycles. The van der Waals surface area contributed by atoms with Crippen molar-refractivity contribution in [3.8, 4) is 0 Å². The molecule has 0 spiro atoms. The van der Waals surface area contributed by atoms with Crippen LogP contribution in [0.4, 0.5) is 16.4 Å². The summed E-state index contributed by atoms with van der Waals surface area (Å²) in [6.45, 7) is 2.39. The standard InChI is InChI=1S/C8H13N5O2/c1-5-6(9)12-4-13-7(5)11-2-3-15-8(10)14/h4H,2-3H2,1H3,(H2,10,14)(H3,9,11,12,13). The first-order chi connectivity index (χ1) is 7.11. The van der Waals surface area contributed by atoms with Gasteiger partial charge in [-0.2, -0.15) is 0 Å². The number of carbonyl (C=O) groups is 1. The second kappa shape index (κ2) is 4.99. The number of nitrogens with one attached hydrogen (secondary N) is 1. The molecule has 15 heavy (non-hydrogen) atoms. The number of nitrogens with zero attached hydrogens (tertiary/aromatic N) is 2. The molecular formula is C8H13N5O2. The van der Waals surface area contributed by atoms with Crippen LogP contribution in [0.2, 0.25) is 0 Å². The molecule has 0 saturated heterocycles. The molecule has 7 nitrogen and oxygen atoms in total. The van der Waals surface area contributed by atoms with Gasteiger partial charge in [0, 0.05) is 5.56 Å². The van der Waals surface area contributed by atoms with Crippen molar-refractivity contribution in [2.24, 2.45) is 5.73 Å². The summed E-state index contributed by atoms with van der Waals surface area (Å²) in [6, 6.07) is 0. The molecule has 0 bridgehead atoms. The molecule has 0 unspecified atom stereocenters. The number of carbonyl (C=O) groups excluding carboxylic acids is 1. The molecule has 0 aliphatic rings. The Bertz CT molecular complexity index is 355. The summed E-state index contributed by atoms with van der Waals surface area (Å²) < 4.78 is 4.54. The number of ether oxygens (including phenoxy) is 1. The van der Waals surface area contributed by atoms with Gasteiger partial charge < -0.3 is 21.5 Å². The molecule has 0 atom stereocenters. The predicted octanol–water partition coefficient (Wildman–Crippen LogP) is -0.126. The van der Waals surface area contributed by atoms with Crippen LogP contribution in [0.15, 0.2) is 6.33 Å². The molecule has 5 N–H and O–H groups in total. The van der Waals surface area contributed by atoms with Crippen LogP contribution >= 0.6 is 0 Å². The second-order valence-corrected chi connectivity index (χ2v) is 2.83. The van der Waals surface area contributed by atoms with E-state index in [1.165, 1.54) is 6.33 Å². The highest BCUT2D eigenvalue weighted by Crippen LogP contribution is 2.14. The molecule has 7 heteroatoms. The van der Waals surface area contributed by atoms with Gasteiger partial charge in [-0.15, -0.1) is 0 Å². The van der Waals surface area contributed by atoms with Crippen LogP contribution in [0.1, 0.15) is 5.56 Å². The van der Waals surface area contributed by atoms with E-state index in [4.69, 9.17) is 11.5 Å². The lowest BCUT2D eigenvalue weighted by Crippen LogP contribution is -2.19. The van der Waals surface area contributed by atoms with Crippen LogP contribution in [-0.4, -0.2) is 29.2 Å². The maximum absolute atomic E-state index is 10.3. The van der Waals surface area contributed by atoms with E-state index in [-0.39, 0.29) is 6.61 Å². The van der Waals surface area contributed by atoms with Crippen LogP contribution in [-0.2, 0) is 4.74 Å². The Labute approximate surface area is 86.8 Å². The van der Waals surface area contributed by atoms with Gasteiger partial charge in [-0.05, 0) is 6.92 Å². The Kier molecular flexibility index (Phi) is 3.67. The zero-order valence-corrected chi connectivity index (χ0v) is 8.36. The van der Waals surface area contributed by atoms with E-state index in [2.05, 4.69) is 20.0 Å². The fourth-order valence-corrected chi connectivity index (χ4v) is 0.963. The molecule has 0 fully saturated rings. The maximum atomic E-state index is 10.3. The monoisotopic (exact) mass is 211 g/mol. The SMILES string of the molecule is Cc1c(N)ncnc1NCCOC(N)=O. The third-order valence-electron chi connectivity index (χ3n) is 1.76. The second-order valence-electron chi connectivity index (χ2n) is 2.83. The molecule has 0 saturated carbocycles. The predicted molar refractivity (Wildman–Crippen MR) is 55.2 cm³/mol. The van der Waals surface area contributed by atoms with Crippen molar-refractivity contribution in [1.29, 1.82) is 0 Å². The van der Waals surface area contributed by atoms with E-state index in [1.54, 1.807) is 6.92 Å². The van der Waals surface area contributed by atoms with Crippen molar-refractivity contribution < 1.29 is 9.53 Å². The minimum atomic E-state index is -0.796. The maximum Gasteiger partial charge on any atom is 0.404 e. The van der Waals surface area contributed by atoms with Crippen molar-refractivity contribution in [2.45, 2.75) is 6.92 Å². The molecule has 0 aliphatic heterocycles. The Morgan fingerprint density at radius 3 is 3.00 bits per heavy atom. The molecule has 1 amide bonds. The van der Waals surface area contributed by atoms with Crippen molar-refractivity contribution in [1.82, 2.24) is 9.97 Å². The zero-order valence-electron chi connectivity index (χ0n) is 8.36. The van der Waals surface area contributed by atoms with Gasteiger partial charge in [0.1, 0.15) is 24.6 Å². The molecule has 0 radical (unpaired) electrons. The Balaban J connectivity index is 2.44. The van der Waals surface area contributed by atoms with Crippen molar-refractivity contribution >= 4 is 17.7 Å². The lowest BCUT2D eigenvalue weighted by atomic mass is 10.3. The van der Waals surface area contributed by atoms with Gasteiger partial charge in [0.15, 0.2) is 0 Å². The molecular weight excluding hydrogens is 198 g/mol. The smallest absolute Gasteiger partial charge is 0.404 e. The summed E-state index contributed by atoms with van der Waals surface area (Å²) in [5.41, 5.74) is 11.1. The van der Waals surface area contributed by atoms with Gasteiger partial charge in [-0.3, -0.25) is 0 Å². The van der Waals surface area contributed by atoms with Crippen LogP contribution in [0.25, 0.3) is 0 Å². The van der Waals surface area contributed by atoms with Gasteiger partial charge in [0.2, 0.25) is 0 Å². The first kappa shape index (κ1) is 11.0. The van der Waals surface area contributed by atoms with E-state index in [9.17, 15) is 4.79 Å². The number of nitrogens with two attached hydrogens (primary N) is 2. The number of hydrogen-bond acceptors (Lipinski definition) is 6. The first-order valence-corrected chi connectivity index (χ1v) is 4.34. The average molecular weight is 211 g/mol. The largest absolute Gasteiger partial charge is 0.448 e. The van der Waals surface area contributed by atoms with Gasteiger partial charge in [-0.1, -0.05) is 0 Å².